The molecule has 0 aliphatic heterocycles. The fourth-order valence-electron chi connectivity index (χ4n) is 2.89. The lowest BCUT2D eigenvalue weighted by Crippen LogP contribution is -2.29. The number of pyridine rings is 1. The molecule has 0 atom stereocenters. The predicted molar refractivity (Wildman–Crippen MR) is 128 cm³/mol. The first-order valence-electron chi connectivity index (χ1n) is 10.9. The van der Waals surface area contributed by atoms with E-state index >= 15 is 0 Å². The number of aromatic nitrogens is 1. The van der Waals surface area contributed by atoms with Crippen LogP contribution in [0, 0.1) is 17.8 Å². The van der Waals surface area contributed by atoms with Gasteiger partial charge in [-0.2, -0.15) is 0 Å². The van der Waals surface area contributed by atoms with Gasteiger partial charge in [0.25, 0.3) is 0 Å². The van der Waals surface area contributed by atoms with Crippen molar-refractivity contribution in [3.63, 3.8) is 0 Å². The van der Waals surface area contributed by atoms with Crippen molar-refractivity contribution in [3.8, 4) is 17.2 Å². The Morgan fingerprint density at radius 3 is 1.97 bits per heavy atom. The van der Waals surface area contributed by atoms with E-state index in [0.717, 1.165) is 0 Å². The highest BCUT2D eigenvalue weighted by atomic mass is 16.6. The third-order valence-corrected chi connectivity index (χ3v) is 4.90. The molecule has 3 aromatic rings. The SMILES string of the molecule is Cc1nc(C(=O)OC(=O)C(C)(C)C)c(OC(=O)C(C)(C)C)c2ccc(Oc3ccccc3)cc12. The van der Waals surface area contributed by atoms with Gasteiger partial charge in [-0.1, -0.05) is 18.2 Å². The van der Waals surface area contributed by atoms with E-state index in [1.807, 2.05) is 30.3 Å². The molecule has 0 saturated heterocycles. The van der Waals surface area contributed by atoms with Crippen LogP contribution < -0.4 is 9.47 Å². The van der Waals surface area contributed by atoms with Gasteiger partial charge in [0, 0.05) is 16.5 Å². The van der Waals surface area contributed by atoms with E-state index in [2.05, 4.69) is 4.98 Å². The summed E-state index contributed by atoms with van der Waals surface area (Å²) >= 11 is 0. The van der Waals surface area contributed by atoms with Crippen LogP contribution >= 0.6 is 0 Å². The zero-order valence-electron chi connectivity index (χ0n) is 20.5. The number of fused-ring (bicyclic) bond motifs is 1. The van der Waals surface area contributed by atoms with Crippen molar-refractivity contribution in [1.82, 2.24) is 4.98 Å². The summed E-state index contributed by atoms with van der Waals surface area (Å²) in [5.41, 5.74) is -1.49. The maximum atomic E-state index is 12.9. The minimum absolute atomic E-state index is 0.0569. The summed E-state index contributed by atoms with van der Waals surface area (Å²) in [6, 6.07) is 14.4. The molecule has 3 rings (SSSR count). The highest BCUT2D eigenvalue weighted by Gasteiger charge is 2.32. The molecule has 178 valence electrons. The zero-order valence-corrected chi connectivity index (χ0v) is 20.5. The third-order valence-electron chi connectivity index (χ3n) is 4.90. The van der Waals surface area contributed by atoms with Gasteiger partial charge in [-0.15, -0.1) is 0 Å². The number of carbonyl (C=O) groups is 3. The summed E-state index contributed by atoms with van der Waals surface area (Å²) < 4.78 is 16.6. The van der Waals surface area contributed by atoms with Gasteiger partial charge >= 0.3 is 17.9 Å². The van der Waals surface area contributed by atoms with Gasteiger partial charge in [0.15, 0.2) is 11.4 Å². The summed E-state index contributed by atoms with van der Waals surface area (Å²) in [6.07, 6.45) is 0. The van der Waals surface area contributed by atoms with Crippen LogP contribution in [0.3, 0.4) is 0 Å². The van der Waals surface area contributed by atoms with Crippen LogP contribution in [0.5, 0.6) is 17.2 Å². The normalized spacial score (nSPS) is 11.7. The molecule has 0 bridgehead atoms. The Labute approximate surface area is 199 Å². The summed E-state index contributed by atoms with van der Waals surface area (Å²) in [5.74, 6) is -1.09. The molecular weight excluding hydrogens is 434 g/mol. The van der Waals surface area contributed by atoms with Crippen LogP contribution in [0.2, 0.25) is 0 Å². The minimum atomic E-state index is -0.980. The van der Waals surface area contributed by atoms with Crippen molar-refractivity contribution in [2.45, 2.75) is 48.5 Å². The number of ether oxygens (including phenoxy) is 3. The molecule has 1 heterocycles. The van der Waals surface area contributed by atoms with Crippen LogP contribution in [0.15, 0.2) is 48.5 Å². The first kappa shape index (κ1) is 24.9. The fraction of sp³-hybridized carbons (Fsp3) is 0.333. The lowest BCUT2D eigenvalue weighted by molar-refractivity contribution is -0.146. The standard InChI is InChI=1S/C27H29NO6/c1-16-20-15-18(32-17-11-9-8-10-12-17)13-14-19(20)22(33-24(30)26(2,3)4)21(28-16)23(29)34-25(31)27(5,6)7/h8-15H,1-7H3. The Hall–Kier alpha value is -3.74. The molecule has 0 aliphatic carbocycles. The van der Waals surface area contributed by atoms with Crippen LogP contribution in [0.25, 0.3) is 10.8 Å². The summed E-state index contributed by atoms with van der Waals surface area (Å²) in [4.78, 5) is 42.3. The molecule has 0 radical (unpaired) electrons. The zero-order chi connectivity index (χ0) is 25.3. The lowest BCUT2D eigenvalue weighted by atomic mass is 9.97. The largest absolute Gasteiger partial charge is 0.457 e. The minimum Gasteiger partial charge on any atom is -0.457 e. The van der Waals surface area contributed by atoms with Gasteiger partial charge in [-0.3, -0.25) is 9.59 Å². The van der Waals surface area contributed by atoms with Crippen molar-refractivity contribution in [1.29, 1.82) is 0 Å². The van der Waals surface area contributed by atoms with Crippen molar-refractivity contribution >= 4 is 28.7 Å². The highest BCUT2D eigenvalue weighted by molar-refractivity contribution is 6.05. The first-order valence-corrected chi connectivity index (χ1v) is 10.9. The number of para-hydroxylation sites is 1. The summed E-state index contributed by atoms with van der Waals surface area (Å²) in [7, 11) is 0. The van der Waals surface area contributed by atoms with Gasteiger partial charge in [0.05, 0.1) is 10.8 Å². The monoisotopic (exact) mass is 463 g/mol. The Balaban J connectivity index is 2.12. The lowest BCUT2D eigenvalue weighted by Gasteiger charge is -2.20. The first-order chi connectivity index (χ1) is 15.8. The third kappa shape index (κ3) is 5.60. The van der Waals surface area contributed by atoms with Crippen molar-refractivity contribution in [3.05, 3.63) is 59.9 Å². The number of esters is 3. The van der Waals surface area contributed by atoms with E-state index in [9.17, 15) is 14.4 Å². The number of carbonyl (C=O) groups excluding carboxylic acids is 3. The van der Waals surface area contributed by atoms with Gasteiger partial charge in [-0.05, 0) is 78.8 Å². The molecule has 0 N–H and O–H groups in total. The summed E-state index contributed by atoms with van der Waals surface area (Å²) in [5, 5.41) is 1.10. The van der Waals surface area contributed by atoms with Gasteiger partial charge < -0.3 is 14.2 Å². The average Bonchev–Trinajstić information content (AvgIpc) is 2.74. The second-order valence-electron chi connectivity index (χ2n) is 10.1. The Morgan fingerprint density at radius 1 is 0.765 bits per heavy atom. The number of rotatable bonds is 4. The Kier molecular flexibility index (Phi) is 6.77. The molecule has 0 fully saturated rings. The van der Waals surface area contributed by atoms with E-state index in [1.165, 1.54) is 0 Å². The van der Waals surface area contributed by atoms with E-state index in [-0.39, 0.29) is 11.4 Å². The Bertz CT molecular complexity index is 1250. The molecule has 7 nitrogen and oxygen atoms in total. The fourth-order valence-corrected chi connectivity index (χ4v) is 2.89. The maximum absolute atomic E-state index is 12.9. The van der Waals surface area contributed by atoms with Gasteiger partial charge in [0.1, 0.15) is 11.5 Å². The highest BCUT2D eigenvalue weighted by Crippen LogP contribution is 2.36. The molecule has 1 aromatic heterocycles. The number of hydrogen-bond donors (Lipinski definition) is 0. The van der Waals surface area contributed by atoms with E-state index in [0.29, 0.717) is 28.0 Å². The van der Waals surface area contributed by atoms with Crippen LogP contribution in [-0.2, 0) is 14.3 Å². The second kappa shape index (κ2) is 9.25. The number of nitrogens with zero attached hydrogens (tertiary/aromatic N) is 1. The van der Waals surface area contributed by atoms with Gasteiger partial charge in [0.2, 0.25) is 0 Å². The Morgan fingerprint density at radius 2 is 1.38 bits per heavy atom. The number of aryl methyl sites for hydroxylation is 1. The van der Waals surface area contributed by atoms with Gasteiger partial charge in [-0.25, -0.2) is 9.78 Å². The van der Waals surface area contributed by atoms with E-state index < -0.39 is 28.7 Å². The van der Waals surface area contributed by atoms with Crippen LogP contribution in [-0.4, -0.2) is 22.9 Å². The quantitative estimate of drug-likeness (QED) is 0.345. The molecule has 0 amide bonds. The second-order valence-corrected chi connectivity index (χ2v) is 10.1. The molecule has 34 heavy (non-hydrogen) atoms. The topological polar surface area (TPSA) is 91.8 Å². The molecule has 0 unspecified atom stereocenters. The molecule has 0 spiro atoms. The molecule has 0 aliphatic rings. The molecular formula is C27H29NO6. The molecule has 2 aromatic carbocycles. The summed E-state index contributed by atoms with van der Waals surface area (Å²) in [6.45, 7) is 11.7. The molecule has 0 saturated carbocycles. The van der Waals surface area contributed by atoms with Crippen molar-refractivity contribution in [2.75, 3.05) is 0 Å². The number of hydrogen-bond acceptors (Lipinski definition) is 7. The number of benzene rings is 2. The average molecular weight is 464 g/mol. The smallest absolute Gasteiger partial charge is 0.368 e. The van der Waals surface area contributed by atoms with E-state index in [4.69, 9.17) is 14.2 Å². The maximum Gasteiger partial charge on any atom is 0.368 e. The van der Waals surface area contributed by atoms with Crippen LogP contribution in [0.4, 0.5) is 0 Å². The molecule has 7 heteroatoms. The van der Waals surface area contributed by atoms with Crippen LogP contribution in [0.1, 0.15) is 57.7 Å². The van der Waals surface area contributed by atoms with Crippen molar-refractivity contribution < 1.29 is 28.6 Å². The predicted octanol–water partition coefficient (Wildman–Crippen LogP) is 6.02. The van der Waals surface area contributed by atoms with Crippen molar-refractivity contribution in [2.24, 2.45) is 10.8 Å². The van der Waals surface area contributed by atoms with E-state index in [1.54, 1.807) is 66.7 Å².